The zero-order valence-corrected chi connectivity index (χ0v) is 18.4. The van der Waals surface area contributed by atoms with Gasteiger partial charge in [-0.3, -0.25) is 14.7 Å². The quantitative estimate of drug-likeness (QED) is 0.448. The Morgan fingerprint density at radius 1 is 1.03 bits per heavy atom. The van der Waals surface area contributed by atoms with Gasteiger partial charge in [0.05, 0.1) is 12.6 Å². The van der Waals surface area contributed by atoms with Crippen LogP contribution in [0.15, 0.2) is 60.8 Å². The van der Waals surface area contributed by atoms with E-state index < -0.39 is 0 Å². The summed E-state index contributed by atoms with van der Waals surface area (Å²) in [4.78, 5) is 19.2. The van der Waals surface area contributed by atoms with Crippen molar-refractivity contribution in [3.8, 4) is 5.75 Å². The highest BCUT2D eigenvalue weighted by atomic mass is 16.5. The molecule has 32 heavy (non-hydrogen) atoms. The van der Waals surface area contributed by atoms with Crippen LogP contribution in [0.2, 0.25) is 0 Å². The van der Waals surface area contributed by atoms with Gasteiger partial charge in [-0.15, -0.1) is 0 Å². The first-order chi connectivity index (χ1) is 15.7. The van der Waals surface area contributed by atoms with Crippen LogP contribution in [-0.4, -0.2) is 47.1 Å². The molecule has 1 N–H and O–H groups in total. The number of ether oxygens (including phenoxy) is 1. The number of fused-ring (bicyclic) bond motifs is 4. The zero-order chi connectivity index (χ0) is 21.9. The van der Waals surface area contributed by atoms with Crippen molar-refractivity contribution in [1.82, 2.24) is 19.8 Å². The molecule has 3 heterocycles. The molecule has 6 heteroatoms. The van der Waals surface area contributed by atoms with E-state index in [1.165, 1.54) is 16.6 Å². The van der Waals surface area contributed by atoms with Gasteiger partial charge in [0.2, 0.25) is 0 Å². The molecule has 1 amide bonds. The number of amides is 1. The lowest BCUT2D eigenvalue weighted by molar-refractivity contribution is 0.0947. The van der Waals surface area contributed by atoms with Gasteiger partial charge in [-0.2, -0.15) is 0 Å². The molecule has 0 fully saturated rings. The predicted molar refractivity (Wildman–Crippen MR) is 127 cm³/mol. The summed E-state index contributed by atoms with van der Waals surface area (Å²) in [6.07, 6.45) is 3.76. The number of methoxy groups -OCH3 is 1. The maximum absolute atomic E-state index is 12.4. The number of carbonyl (C=O) groups is 1. The van der Waals surface area contributed by atoms with Crippen LogP contribution < -0.4 is 10.1 Å². The molecule has 2 aromatic heterocycles. The summed E-state index contributed by atoms with van der Waals surface area (Å²) in [5.74, 6) is 0.839. The SMILES string of the molecule is COc1cccc2cc3n(c12)CCN(CCCCNC(=O)c1cc2ccccc2cn1)C3. The highest BCUT2D eigenvalue weighted by Crippen LogP contribution is 2.31. The highest BCUT2D eigenvalue weighted by molar-refractivity contribution is 5.96. The number of carbonyl (C=O) groups excluding carboxylic acids is 1. The third-order valence-corrected chi connectivity index (χ3v) is 6.26. The molecule has 0 saturated heterocycles. The van der Waals surface area contributed by atoms with Crippen molar-refractivity contribution in [2.45, 2.75) is 25.9 Å². The van der Waals surface area contributed by atoms with E-state index in [2.05, 4.69) is 31.9 Å². The second kappa shape index (κ2) is 9.01. The second-order valence-corrected chi connectivity index (χ2v) is 8.34. The Morgan fingerprint density at radius 2 is 1.88 bits per heavy atom. The Labute approximate surface area is 187 Å². The molecule has 2 aromatic carbocycles. The third-order valence-electron chi connectivity index (χ3n) is 6.26. The van der Waals surface area contributed by atoms with Crippen molar-refractivity contribution >= 4 is 27.6 Å². The average Bonchev–Trinajstić information content (AvgIpc) is 3.21. The first-order valence-electron chi connectivity index (χ1n) is 11.2. The van der Waals surface area contributed by atoms with E-state index in [0.29, 0.717) is 12.2 Å². The molecule has 0 spiro atoms. The van der Waals surface area contributed by atoms with Crippen molar-refractivity contribution < 1.29 is 9.53 Å². The summed E-state index contributed by atoms with van der Waals surface area (Å²) in [7, 11) is 1.73. The van der Waals surface area contributed by atoms with Gasteiger partial charge in [-0.05, 0) is 43.0 Å². The minimum atomic E-state index is -0.104. The van der Waals surface area contributed by atoms with Gasteiger partial charge in [0, 0.05) is 48.8 Å². The van der Waals surface area contributed by atoms with Gasteiger partial charge in [-0.25, -0.2) is 0 Å². The minimum absolute atomic E-state index is 0.104. The van der Waals surface area contributed by atoms with Crippen molar-refractivity contribution in [3.63, 3.8) is 0 Å². The third kappa shape index (κ3) is 4.06. The number of pyridine rings is 1. The van der Waals surface area contributed by atoms with Crippen molar-refractivity contribution in [3.05, 3.63) is 72.2 Å². The topological polar surface area (TPSA) is 59.4 Å². The lowest BCUT2D eigenvalue weighted by atomic mass is 10.1. The van der Waals surface area contributed by atoms with E-state index in [1.54, 1.807) is 13.3 Å². The molecule has 0 atom stereocenters. The lowest BCUT2D eigenvalue weighted by Gasteiger charge is -2.29. The summed E-state index contributed by atoms with van der Waals surface area (Å²) in [5, 5.41) is 6.33. The molecule has 0 unspecified atom stereocenters. The first-order valence-corrected chi connectivity index (χ1v) is 11.2. The molecule has 0 bridgehead atoms. The van der Waals surface area contributed by atoms with Crippen molar-refractivity contribution in [1.29, 1.82) is 0 Å². The van der Waals surface area contributed by atoms with Crippen LogP contribution in [0.3, 0.4) is 0 Å². The van der Waals surface area contributed by atoms with E-state index in [4.69, 9.17) is 4.74 Å². The number of benzene rings is 2. The van der Waals surface area contributed by atoms with E-state index in [9.17, 15) is 4.79 Å². The molecule has 0 radical (unpaired) electrons. The van der Waals surface area contributed by atoms with Crippen molar-refractivity contribution in [2.75, 3.05) is 26.7 Å². The fraction of sp³-hybridized carbons (Fsp3) is 0.308. The van der Waals surface area contributed by atoms with Gasteiger partial charge in [0.25, 0.3) is 5.91 Å². The van der Waals surface area contributed by atoms with E-state index >= 15 is 0 Å². The second-order valence-electron chi connectivity index (χ2n) is 8.34. The van der Waals surface area contributed by atoms with Crippen LogP contribution in [0, 0.1) is 0 Å². The van der Waals surface area contributed by atoms with Crippen LogP contribution in [0.1, 0.15) is 29.0 Å². The molecule has 0 saturated carbocycles. The minimum Gasteiger partial charge on any atom is -0.495 e. The molecule has 4 aromatic rings. The smallest absolute Gasteiger partial charge is 0.269 e. The van der Waals surface area contributed by atoms with Gasteiger partial charge < -0.3 is 14.6 Å². The first kappa shape index (κ1) is 20.5. The number of rotatable bonds is 7. The van der Waals surface area contributed by atoms with Crippen molar-refractivity contribution in [2.24, 2.45) is 0 Å². The normalized spacial score (nSPS) is 13.9. The summed E-state index contributed by atoms with van der Waals surface area (Å²) in [6, 6.07) is 18.3. The molecule has 5 rings (SSSR count). The number of hydrogen-bond donors (Lipinski definition) is 1. The summed E-state index contributed by atoms with van der Waals surface area (Å²) in [6.45, 7) is 4.65. The Balaban J connectivity index is 1.11. The lowest BCUT2D eigenvalue weighted by Crippen LogP contribution is -2.34. The van der Waals surface area contributed by atoms with E-state index in [0.717, 1.165) is 55.5 Å². The number of aromatic nitrogens is 2. The number of para-hydroxylation sites is 1. The summed E-state index contributed by atoms with van der Waals surface area (Å²) in [5.41, 5.74) is 3.02. The largest absolute Gasteiger partial charge is 0.495 e. The predicted octanol–water partition coefficient (Wildman–Crippen LogP) is 4.22. The molecule has 0 aliphatic carbocycles. The summed E-state index contributed by atoms with van der Waals surface area (Å²) >= 11 is 0. The number of hydrogen-bond acceptors (Lipinski definition) is 4. The van der Waals surface area contributed by atoms with E-state index in [1.807, 2.05) is 42.5 Å². The van der Waals surface area contributed by atoms with Crippen LogP contribution >= 0.6 is 0 Å². The Hall–Kier alpha value is -3.38. The molecular formula is C26H28N4O2. The Bertz CT molecular complexity index is 1260. The molecule has 164 valence electrons. The fourth-order valence-electron chi connectivity index (χ4n) is 4.60. The Kier molecular flexibility index (Phi) is 5.77. The average molecular weight is 429 g/mol. The van der Waals surface area contributed by atoms with Gasteiger partial charge in [0.1, 0.15) is 11.4 Å². The number of nitrogens with one attached hydrogen (secondary N) is 1. The summed E-state index contributed by atoms with van der Waals surface area (Å²) < 4.78 is 7.96. The molecule has 6 nitrogen and oxygen atoms in total. The monoisotopic (exact) mass is 428 g/mol. The highest BCUT2D eigenvalue weighted by Gasteiger charge is 2.20. The van der Waals surface area contributed by atoms with Gasteiger partial charge in [0.15, 0.2) is 0 Å². The molecule has 1 aliphatic rings. The van der Waals surface area contributed by atoms with Gasteiger partial charge in [-0.1, -0.05) is 36.4 Å². The van der Waals surface area contributed by atoms with Crippen LogP contribution in [-0.2, 0) is 13.1 Å². The van der Waals surface area contributed by atoms with Crippen LogP contribution in [0.5, 0.6) is 5.75 Å². The number of nitrogens with zero attached hydrogens (tertiary/aromatic N) is 3. The maximum Gasteiger partial charge on any atom is 0.269 e. The Morgan fingerprint density at radius 3 is 2.75 bits per heavy atom. The zero-order valence-electron chi connectivity index (χ0n) is 18.4. The fourth-order valence-corrected chi connectivity index (χ4v) is 4.60. The van der Waals surface area contributed by atoms with Crippen LogP contribution in [0.25, 0.3) is 21.7 Å². The molecular weight excluding hydrogens is 400 g/mol. The standard InChI is InChI=1S/C26H28N4O2/c1-32-24-10-6-9-20-15-22-18-29(13-14-30(22)25(20)24)12-5-4-11-27-26(31)23-16-19-7-2-3-8-21(19)17-28-23/h2-3,6-10,15-17H,4-5,11-14,18H2,1H3,(H,27,31). The maximum atomic E-state index is 12.4. The molecule has 1 aliphatic heterocycles. The van der Waals surface area contributed by atoms with E-state index in [-0.39, 0.29) is 5.91 Å². The van der Waals surface area contributed by atoms with Crippen LogP contribution in [0.4, 0.5) is 0 Å². The number of unbranched alkanes of at least 4 members (excludes halogenated alkanes) is 1. The van der Waals surface area contributed by atoms with Gasteiger partial charge >= 0.3 is 0 Å².